The molecule has 0 N–H and O–H groups in total. The van der Waals surface area contributed by atoms with Crippen LogP contribution < -0.4 is 0 Å². The molecule has 6 heteroatoms. The third-order valence-corrected chi connectivity index (χ3v) is 6.31. The summed E-state index contributed by atoms with van der Waals surface area (Å²) in [5.41, 5.74) is 2.21. The molecule has 1 fully saturated rings. The standard InChI is InChI=1S/C22H26N4OS/c1-24-20-10-6-5-9-19(20)23-21(24)17-25-12-14-26(15-13-25)22(27)11-16-28-18-7-3-2-4-8-18/h2-10H,11-17H2,1H3. The van der Waals surface area contributed by atoms with E-state index in [-0.39, 0.29) is 5.91 Å². The van der Waals surface area contributed by atoms with Crippen molar-refractivity contribution in [3.63, 3.8) is 0 Å². The summed E-state index contributed by atoms with van der Waals surface area (Å²) < 4.78 is 2.17. The van der Waals surface area contributed by atoms with Crippen LogP contribution in [-0.4, -0.2) is 57.2 Å². The highest BCUT2D eigenvalue weighted by Crippen LogP contribution is 2.19. The zero-order chi connectivity index (χ0) is 19.3. The molecule has 0 saturated carbocycles. The van der Waals surface area contributed by atoms with E-state index in [1.807, 2.05) is 35.2 Å². The smallest absolute Gasteiger partial charge is 0.223 e. The number of aryl methyl sites for hydroxylation is 1. The molecule has 2 aromatic carbocycles. The SMILES string of the molecule is Cn1c(CN2CCN(C(=O)CCSc3ccccc3)CC2)nc2ccccc21. The van der Waals surface area contributed by atoms with Gasteiger partial charge in [0.15, 0.2) is 0 Å². The number of carbonyl (C=O) groups is 1. The minimum absolute atomic E-state index is 0.269. The molecule has 0 bridgehead atoms. The number of rotatable bonds is 6. The number of hydrogen-bond acceptors (Lipinski definition) is 4. The molecule has 0 unspecified atom stereocenters. The molecule has 1 saturated heterocycles. The van der Waals surface area contributed by atoms with Crippen molar-refractivity contribution in [2.45, 2.75) is 17.9 Å². The molecule has 0 radical (unpaired) electrons. The van der Waals surface area contributed by atoms with Gasteiger partial charge in [0.1, 0.15) is 5.82 Å². The predicted octanol–water partition coefficient (Wildman–Crippen LogP) is 3.40. The highest BCUT2D eigenvalue weighted by molar-refractivity contribution is 7.99. The van der Waals surface area contributed by atoms with Crippen molar-refractivity contribution in [2.24, 2.45) is 7.05 Å². The van der Waals surface area contributed by atoms with Crippen molar-refractivity contribution >= 4 is 28.7 Å². The Bertz CT molecular complexity index is 932. The summed E-state index contributed by atoms with van der Waals surface area (Å²) in [4.78, 5) is 22.9. The van der Waals surface area contributed by atoms with E-state index in [0.29, 0.717) is 6.42 Å². The maximum absolute atomic E-state index is 12.5. The summed E-state index contributed by atoms with van der Waals surface area (Å²) in [7, 11) is 2.08. The minimum atomic E-state index is 0.269. The van der Waals surface area contributed by atoms with Gasteiger partial charge >= 0.3 is 0 Å². The maximum atomic E-state index is 12.5. The fourth-order valence-corrected chi connectivity index (χ4v) is 4.49. The fourth-order valence-electron chi connectivity index (χ4n) is 3.62. The van der Waals surface area contributed by atoms with Gasteiger partial charge in [-0.05, 0) is 24.3 Å². The molecule has 146 valence electrons. The van der Waals surface area contributed by atoms with Crippen molar-refractivity contribution in [1.29, 1.82) is 0 Å². The molecule has 3 aromatic rings. The average molecular weight is 395 g/mol. The number of piperazine rings is 1. The number of hydrogen-bond donors (Lipinski definition) is 0. The van der Waals surface area contributed by atoms with Gasteiger partial charge in [-0.15, -0.1) is 11.8 Å². The summed E-state index contributed by atoms with van der Waals surface area (Å²) >= 11 is 1.75. The summed E-state index contributed by atoms with van der Waals surface area (Å²) in [6, 6.07) is 18.5. The van der Waals surface area contributed by atoms with E-state index in [0.717, 1.165) is 49.8 Å². The second-order valence-electron chi connectivity index (χ2n) is 7.14. The van der Waals surface area contributed by atoms with Gasteiger partial charge in [0, 0.05) is 50.3 Å². The lowest BCUT2D eigenvalue weighted by atomic mass is 10.3. The van der Waals surface area contributed by atoms with Crippen LogP contribution in [0.1, 0.15) is 12.2 Å². The van der Waals surface area contributed by atoms with Crippen molar-refractivity contribution < 1.29 is 4.79 Å². The molecular weight excluding hydrogens is 368 g/mol. The lowest BCUT2D eigenvalue weighted by Gasteiger charge is -2.34. The van der Waals surface area contributed by atoms with Crippen LogP contribution in [0.3, 0.4) is 0 Å². The molecule has 0 aliphatic carbocycles. The molecule has 1 aliphatic heterocycles. The summed E-state index contributed by atoms with van der Waals surface area (Å²) in [6.45, 7) is 4.25. The van der Waals surface area contributed by atoms with Crippen molar-refractivity contribution in [2.75, 3.05) is 31.9 Å². The Hall–Kier alpha value is -2.31. The summed E-state index contributed by atoms with van der Waals surface area (Å²) in [5.74, 6) is 2.19. The van der Waals surface area contributed by atoms with E-state index in [1.54, 1.807) is 11.8 Å². The third kappa shape index (κ3) is 4.39. The highest BCUT2D eigenvalue weighted by Gasteiger charge is 2.22. The fraction of sp³-hybridized carbons (Fsp3) is 0.364. The second-order valence-corrected chi connectivity index (χ2v) is 8.31. The van der Waals surface area contributed by atoms with E-state index in [1.165, 1.54) is 10.4 Å². The lowest BCUT2D eigenvalue weighted by molar-refractivity contribution is -0.132. The van der Waals surface area contributed by atoms with Crippen LogP contribution in [0, 0.1) is 0 Å². The molecule has 5 nitrogen and oxygen atoms in total. The van der Waals surface area contributed by atoms with Gasteiger partial charge in [-0.3, -0.25) is 9.69 Å². The first-order chi connectivity index (χ1) is 13.7. The lowest BCUT2D eigenvalue weighted by Crippen LogP contribution is -2.48. The summed E-state index contributed by atoms with van der Waals surface area (Å²) in [6.07, 6.45) is 0.602. The molecule has 0 spiro atoms. The Labute approximate surface area is 170 Å². The zero-order valence-corrected chi connectivity index (χ0v) is 17.1. The molecule has 28 heavy (non-hydrogen) atoms. The molecule has 0 atom stereocenters. The van der Waals surface area contributed by atoms with Crippen LogP contribution in [-0.2, 0) is 18.4 Å². The van der Waals surface area contributed by atoms with E-state index >= 15 is 0 Å². The van der Waals surface area contributed by atoms with Gasteiger partial charge in [0.2, 0.25) is 5.91 Å². The zero-order valence-electron chi connectivity index (χ0n) is 16.3. The largest absolute Gasteiger partial charge is 0.340 e. The monoisotopic (exact) mass is 394 g/mol. The number of amides is 1. The number of carbonyl (C=O) groups excluding carboxylic acids is 1. The van der Waals surface area contributed by atoms with Gasteiger partial charge in [0.25, 0.3) is 0 Å². The number of imidazole rings is 1. The van der Waals surface area contributed by atoms with Crippen molar-refractivity contribution in [1.82, 2.24) is 19.4 Å². The number of aromatic nitrogens is 2. The van der Waals surface area contributed by atoms with Crippen LogP contribution in [0.5, 0.6) is 0 Å². The average Bonchev–Trinajstić information content (AvgIpc) is 3.05. The minimum Gasteiger partial charge on any atom is -0.340 e. The van der Waals surface area contributed by atoms with Gasteiger partial charge in [-0.1, -0.05) is 30.3 Å². The van der Waals surface area contributed by atoms with Crippen LogP contribution >= 0.6 is 11.8 Å². The Balaban J connectivity index is 1.25. The number of fused-ring (bicyclic) bond motifs is 1. The Morgan fingerprint density at radius 2 is 1.71 bits per heavy atom. The van der Waals surface area contributed by atoms with Gasteiger partial charge in [0.05, 0.1) is 17.6 Å². The third-order valence-electron chi connectivity index (χ3n) is 5.30. The van der Waals surface area contributed by atoms with Crippen molar-refractivity contribution in [3.05, 3.63) is 60.4 Å². The Kier molecular flexibility index (Phi) is 5.98. The topological polar surface area (TPSA) is 41.4 Å². The van der Waals surface area contributed by atoms with Crippen molar-refractivity contribution in [3.8, 4) is 0 Å². The highest BCUT2D eigenvalue weighted by atomic mass is 32.2. The van der Waals surface area contributed by atoms with E-state index in [9.17, 15) is 4.79 Å². The first-order valence-electron chi connectivity index (χ1n) is 9.79. The molecule has 2 heterocycles. The molecular formula is C22H26N4OS. The normalized spacial score (nSPS) is 15.2. The number of nitrogens with zero attached hydrogens (tertiary/aromatic N) is 4. The van der Waals surface area contributed by atoms with E-state index < -0.39 is 0 Å². The van der Waals surface area contributed by atoms with Gasteiger partial charge in [-0.25, -0.2) is 4.98 Å². The van der Waals surface area contributed by atoms with E-state index in [4.69, 9.17) is 4.98 Å². The Morgan fingerprint density at radius 3 is 2.46 bits per heavy atom. The number of para-hydroxylation sites is 2. The predicted molar refractivity (Wildman–Crippen MR) is 114 cm³/mol. The van der Waals surface area contributed by atoms with Gasteiger partial charge in [-0.2, -0.15) is 0 Å². The molecule has 1 aromatic heterocycles. The molecule has 1 amide bonds. The van der Waals surface area contributed by atoms with Crippen LogP contribution in [0.25, 0.3) is 11.0 Å². The molecule has 4 rings (SSSR count). The first kappa shape index (κ1) is 19.0. The number of benzene rings is 2. The number of thioether (sulfide) groups is 1. The Morgan fingerprint density at radius 1 is 1.00 bits per heavy atom. The van der Waals surface area contributed by atoms with Gasteiger partial charge < -0.3 is 9.47 Å². The van der Waals surface area contributed by atoms with Crippen LogP contribution in [0.15, 0.2) is 59.5 Å². The quantitative estimate of drug-likeness (QED) is 0.601. The maximum Gasteiger partial charge on any atom is 0.223 e. The molecule has 1 aliphatic rings. The summed E-state index contributed by atoms with van der Waals surface area (Å²) in [5, 5.41) is 0. The first-order valence-corrected chi connectivity index (χ1v) is 10.8. The van der Waals surface area contributed by atoms with Crippen LogP contribution in [0.2, 0.25) is 0 Å². The van der Waals surface area contributed by atoms with Crippen LogP contribution in [0.4, 0.5) is 0 Å². The van der Waals surface area contributed by atoms with E-state index in [2.05, 4.69) is 40.8 Å². The second kappa shape index (κ2) is 8.80.